The van der Waals surface area contributed by atoms with Gasteiger partial charge in [0.15, 0.2) is 11.5 Å². The van der Waals surface area contributed by atoms with Gasteiger partial charge in [-0.2, -0.15) is 5.10 Å². The van der Waals surface area contributed by atoms with E-state index in [1.54, 1.807) is 18.6 Å². The van der Waals surface area contributed by atoms with Crippen LogP contribution in [0, 0.1) is 11.7 Å². The lowest BCUT2D eigenvalue weighted by molar-refractivity contribution is -0.119. The number of hydrogen-bond acceptors (Lipinski definition) is 7. The molecule has 0 unspecified atom stereocenters. The second-order valence-electron chi connectivity index (χ2n) is 11.9. The topological polar surface area (TPSA) is 128 Å². The number of carbonyl (C=O) groups is 1. The molecule has 7 rings (SSSR count). The van der Waals surface area contributed by atoms with E-state index in [1.165, 1.54) is 12.1 Å². The van der Waals surface area contributed by atoms with E-state index in [1.807, 2.05) is 50.5 Å². The minimum absolute atomic E-state index is 0.0620. The predicted molar refractivity (Wildman–Crippen MR) is 175 cm³/mol. The zero-order valence-corrected chi connectivity index (χ0v) is 25.2. The maximum absolute atomic E-state index is 14.7. The molecule has 1 aliphatic carbocycles. The second kappa shape index (κ2) is 12.1. The zero-order chi connectivity index (χ0) is 30.9. The number of fused-ring (bicyclic) bond motifs is 2. The molecule has 4 N–H and O–H groups in total. The first kappa shape index (κ1) is 28.6. The SMILES string of the molecule is CN(C)CCNc1cc(F)cc(-c2ccnc3nc(-c4n[nH]c5ccc(-c6cncc(NC(=O)C7CCCC7)c6)cc45)[nH]c23)c1. The van der Waals surface area contributed by atoms with Crippen molar-refractivity contribution in [1.29, 1.82) is 0 Å². The molecule has 2 aromatic carbocycles. The summed E-state index contributed by atoms with van der Waals surface area (Å²) < 4.78 is 14.7. The lowest BCUT2D eigenvalue weighted by atomic mass is 10.0. The van der Waals surface area contributed by atoms with Crippen LogP contribution in [0.15, 0.2) is 67.1 Å². The van der Waals surface area contributed by atoms with Gasteiger partial charge >= 0.3 is 0 Å². The summed E-state index contributed by atoms with van der Waals surface area (Å²) in [5.74, 6) is 0.355. The van der Waals surface area contributed by atoms with Crippen molar-refractivity contribution in [3.8, 4) is 33.8 Å². The molecule has 0 atom stereocenters. The average molecular weight is 604 g/mol. The van der Waals surface area contributed by atoms with Crippen LogP contribution in [0.4, 0.5) is 15.8 Å². The molecule has 0 spiro atoms. The summed E-state index contributed by atoms with van der Waals surface area (Å²) in [5, 5.41) is 14.9. The Morgan fingerprint density at radius 3 is 2.69 bits per heavy atom. The molecule has 10 nitrogen and oxygen atoms in total. The van der Waals surface area contributed by atoms with Crippen molar-refractivity contribution in [2.45, 2.75) is 25.7 Å². The zero-order valence-electron chi connectivity index (χ0n) is 25.2. The van der Waals surface area contributed by atoms with Gasteiger partial charge in [-0.15, -0.1) is 0 Å². The van der Waals surface area contributed by atoms with E-state index < -0.39 is 0 Å². The van der Waals surface area contributed by atoms with Crippen LogP contribution in [0.3, 0.4) is 0 Å². The molecule has 228 valence electrons. The van der Waals surface area contributed by atoms with Crippen LogP contribution in [0.25, 0.3) is 55.8 Å². The molecule has 11 heteroatoms. The van der Waals surface area contributed by atoms with E-state index in [2.05, 4.69) is 40.7 Å². The average Bonchev–Trinajstić information content (AvgIpc) is 3.80. The Kier molecular flexibility index (Phi) is 7.68. The molecule has 6 aromatic rings. The third-order valence-corrected chi connectivity index (χ3v) is 8.34. The molecule has 1 saturated carbocycles. The van der Waals surface area contributed by atoms with Gasteiger partial charge in [-0.1, -0.05) is 18.9 Å². The van der Waals surface area contributed by atoms with Gasteiger partial charge in [-0.3, -0.25) is 14.9 Å². The van der Waals surface area contributed by atoms with Gasteiger partial charge in [0.05, 0.1) is 22.9 Å². The van der Waals surface area contributed by atoms with Crippen LogP contribution in [-0.4, -0.2) is 68.1 Å². The van der Waals surface area contributed by atoms with Crippen LogP contribution < -0.4 is 10.6 Å². The first-order valence-electron chi connectivity index (χ1n) is 15.2. The fourth-order valence-electron chi connectivity index (χ4n) is 6.01. The van der Waals surface area contributed by atoms with E-state index in [0.29, 0.717) is 46.2 Å². The summed E-state index contributed by atoms with van der Waals surface area (Å²) in [7, 11) is 4.00. The van der Waals surface area contributed by atoms with Crippen molar-refractivity contribution in [3.05, 3.63) is 72.9 Å². The largest absolute Gasteiger partial charge is 0.384 e. The highest BCUT2D eigenvalue weighted by atomic mass is 19.1. The molecule has 0 radical (unpaired) electrons. The smallest absolute Gasteiger partial charge is 0.227 e. The number of nitrogens with one attached hydrogen (secondary N) is 4. The highest BCUT2D eigenvalue weighted by molar-refractivity contribution is 5.98. The summed E-state index contributed by atoms with van der Waals surface area (Å²) in [6.07, 6.45) is 9.23. The minimum atomic E-state index is -0.327. The fraction of sp³-hybridized carbons (Fsp3) is 0.265. The number of aromatic nitrogens is 6. The molecular formula is C34H34FN9O. The van der Waals surface area contributed by atoms with Gasteiger partial charge in [0, 0.05) is 53.6 Å². The Morgan fingerprint density at radius 1 is 1.00 bits per heavy atom. The maximum atomic E-state index is 14.7. The first-order valence-corrected chi connectivity index (χ1v) is 15.2. The number of anilines is 2. The number of halogens is 1. The summed E-state index contributed by atoms with van der Waals surface area (Å²) in [6, 6.07) is 14.7. The second-order valence-corrected chi connectivity index (χ2v) is 11.9. The van der Waals surface area contributed by atoms with E-state index in [-0.39, 0.29) is 17.6 Å². The Balaban J connectivity index is 1.20. The van der Waals surface area contributed by atoms with Gasteiger partial charge in [-0.05, 0) is 80.5 Å². The number of hydrogen-bond donors (Lipinski definition) is 4. The lowest BCUT2D eigenvalue weighted by Crippen LogP contribution is -2.20. The van der Waals surface area contributed by atoms with Gasteiger partial charge < -0.3 is 20.5 Å². The molecule has 4 heterocycles. The van der Waals surface area contributed by atoms with Gasteiger partial charge in [0.1, 0.15) is 11.5 Å². The summed E-state index contributed by atoms with van der Waals surface area (Å²) in [4.78, 5) is 31.8. The molecule has 0 bridgehead atoms. The Bertz CT molecular complexity index is 2010. The molecule has 1 aliphatic rings. The molecule has 45 heavy (non-hydrogen) atoms. The molecular weight excluding hydrogens is 569 g/mol. The first-order chi connectivity index (χ1) is 21.9. The summed E-state index contributed by atoms with van der Waals surface area (Å²) >= 11 is 0. The molecule has 0 aliphatic heterocycles. The Morgan fingerprint density at radius 2 is 1.84 bits per heavy atom. The number of H-pyrrole nitrogens is 2. The van der Waals surface area contributed by atoms with Crippen LogP contribution in [0.2, 0.25) is 0 Å². The van der Waals surface area contributed by atoms with Gasteiger partial charge in [-0.25, -0.2) is 14.4 Å². The third-order valence-electron chi connectivity index (χ3n) is 8.34. The lowest BCUT2D eigenvalue weighted by Gasteiger charge is -2.13. The summed E-state index contributed by atoms with van der Waals surface area (Å²) in [5.41, 5.74) is 7.39. The van der Waals surface area contributed by atoms with Gasteiger partial charge in [0.2, 0.25) is 5.91 Å². The van der Waals surface area contributed by atoms with Crippen LogP contribution in [-0.2, 0) is 4.79 Å². The third kappa shape index (κ3) is 5.99. The normalized spacial score (nSPS) is 13.7. The van der Waals surface area contributed by atoms with Crippen molar-refractivity contribution in [3.63, 3.8) is 0 Å². The van der Waals surface area contributed by atoms with Crippen molar-refractivity contribution in [2.75, 3.05) is 37.8 Å². The summed E-state index contributed by atoms with van der Waals surface area (Å²) in [6.45, 7) is 1.52. The number of pyridine rings is 2. The van der Waals surface area contributed by atoms with E-state index in [4.69, 9.17) is 4.98 Å². The quantitative estimate of drug-likeness (QED) is 0.149. The van der Waals surface area contributed by atoms with Crippen molar-refractivity contribution >= 4 is 39.3 Å². The Labute approximate surface area is 259 Å². The van der Waals surface area contributed by atoms with Crippen molar-refractivity contribution in [1.82, 2.24) is 35.0 Å². The predicted octanol–water partition coefficient (Wildman–Crippen LogP) is 6.47. The number of benzene rings is 2. The van der Waals surface area contributed by atoms with Crippen LogP contribution >= 0.6 is 0 Å². The molecule has 0 saturated heterocycles. The number of imidazole rings is 1. The molecule has 1 fully saturated rings. The highest BCUT2D eigenvalue weighted by Gasteiger charge is 2.23. The number of likely N-dealkylation sites (N-methyl/N-ethyl adjacent to an activating group) is 1. The Hall–Kier alpha value is -5.16. The fourth-order valence-corrected chi connectivity index (χ4v) is 6.01. The number of aromatic amines is 2. The minimum Gasteiger partial charge on any atom is -0.384 e. The van der Waals surface area contributed by atoms with E-state index in [9.17, 15) is 9.18 Å². The van der Waals surface area contributed by atoms with Gasteiger partial charge in [0.25, 0.3) is 0 Å². The molecule has 1 amide bonds. The maximum Gasteiger partial charge on any atom is 0.227 e. The standard InChI is InChI=1S/C34H34FN9O/c1-44(2)12-11-37-25-14-22(13-24(35)17-25)27-9-10-38-32-30(27)40-33(41-32)31-28-16-21(7-8-29(28)42-43-31)23-15-26(19-36-18-23)39-34(45)20-5-3-4-6-20/h7-10,13-20,37H,3-6,11-12H2,1-2H3,(H,39,45)(H,42,43)(H,38,40,41). The number of carbonyl (C=O) groups excluding carboxylic acids is 1. The van der Waals surface area contributed by atoms with Crippen molar-refractivity contribution in [2.24, 2.45) is 5.92 Å². The van der Waals surface area contributed by atoms with Crippen LogP contribution in [0.1, 0.15) is 25.7 Å². The monoisotopic (exact) mass is 603 g/mol. The van der Waals surface area contributed by atoms with Crippen LogP contribution in [0.5, 0.6) is 0 Å². The highest BCUT2D eigenvalue weighted by Crippen LogP contribution is 2.34. The van der Waals surface area contributed by atoms with Crippen molar-refractivity contribution < 1.29 is 9.18 Å². The number of nitrogens with zero attached hydrogens (tertiary/aromatic N) is 5. The van der Waals surface area contributed by atoms with E-state index >= 15 is 0 Å². The molecule has 4 aromatic heterocycles. The number of rotatable bonds is 9. The van der Waals surface area contributed by atoms with E-state index in [0.717, 1.165) is 59.8 Å². The number of amides is 1.